The number of phenolic OH excluding ortho intramolecular Hbond substituents is 1. The third-order valence-corrected chi connectivity index (χ3v) is 7.81. The summed E-state index contributed by atoms with van der Waals surface area (Å²) in [7, 11) is 0. The molecule has 0 fully saturated rings. The molecule has 0 radical (unpaired) electrons. The van der Waals surface area contributed by atoms with E-state index < -0.39 is 29.7 Å². The Balaban J connectivity index is 2.06. The van der Waals surface area contributed by atoms with Gasteiger partial charge in [0, 0.05) is 18.7 Å². The van der Waals surface area contributed by atoms with Gasteiger partial charge in [-0.1, -0.05) is 99.7 Å². The van der Waals surface area contributed by atoms with Crippen LogP contribution < -0.4 is 10.6 Å². The van der Waals surface area contributed by atoms with Crippen molar-refractivity contribution in [3.05, 3.63) is 95.1 Å². The smallest absolute Gasteiger partial charge is 0.408 e. The molecule has 0 aromatic heterocycles. The zero-order valence-corrected chi connectivity index (χ0v) is 28.3. The number of nitrogens with zero attached hydrogens (tertiary/aromatic N) is 1. The van der Waals surface area contributed by atoms with E-state index in [1.165, 1.54) is 12.1 Å². The number of hydrogen-bond donors (Lipinski definition) is 3. The van der Waals surface area contributed by atoms with E-state index in [0.717, 1.165) is 48.8 Å². The van der Waals surface area contributed by atoms with Crippen LogP contribution in [0.2, 0.25) is 0 Å². The molecule has 0 aliphatic heterocycles. The maximum absolute atomic E-state index is 14.7. The number of carbonyl (C=O) groups is 3. The monoisotopic (exact) mass is 629 g/mol. The fourth-order valence-electron chi connectivity index (χ4n) is 5.46. The zero-order chi connectivity index (χ0) is 33.7. The molecule has 3 N–H and O–H groups in total. The maximum atomic E-state index is 14.7. The molecule has 0 bridgehead atoms. The normalized spacial score (nSPS) is 12.6. The third kappa shape index (κ3) is 11.2. The minimum Gasteiger partial charge on any atom is -0.508 e. The van der Waals surface area contributed by atoms with Gasteiger partial charge >= 0.3 is 6.09 Å². The molecule has 3 amide bonds. The summed E-state index contributed by atoms with van der Waals surface area (Å²) in [4.78, 5) is 43.7. The Morgan fingerprint density at radius 3 is 2.04 bits per heavy atom. The average molecular weight is 630 g/mol. The van der Waals surface area contributed by atoms with Crippen molar-refractivity contribution in [1.29, 1.82) is 0 Å². The minimum absolute atomic E-state index is 0.0556. The van der Waals surface area contributed by atoms with Gasteiger partial charge in [0.05, 0.1) is 0 Å². The van der Waals surface area contributed by atoms with Gasteiger partial charge in [0.1, 0.15) is 23.4 Å². The van der Waals surface area contributed by atoms with Gasteiger partial charge in [-0.25, -0.2) is 4.79 Å². The van der Waals surface area contributed by atoms with Crippen molar-refractivity contribution >= 4 is 23.6 Å². The number of anilines is 1. The van der Waals surface area contributed by atoms with Crippen molar-refractivity contribution in [2.24, 2.45) is 0 Å². The molecule has 0 heterocycles. The van der Waals surface area contributed by atoms with E-state index in [1.54, 1.807) is 37.8 Å². The molecular formula is C38H51N3O5. The van der Waals surface area contributed by atoms with Crippen molar-refractivity contribution in [2.75, 3.05) is 11.9 Å². The van der Waals surface area contributed by atoms with E-state index >= 15 is 0 Å². The van der Waals surface area contributed by atoms with Gasteiger partial charge in [0.15, 0.2) is 0 Å². The highest BCUT2D eigenvalue weighted by atomic mass is 16.6. The summed E-state index contributed by atoms with van der Waals surface area (Å²) in [5.74, 6) is -0.712. The summed E-state index contributed by atoms with van der Waals surface area (Å²) in [6.45, 7) is 11.6. The Morgan fingerprint density at radius 2 is 1.43 bits per heavy atom. The summed E-state index contributed by atoms with van der Waals surface area (Å²) in [6, 6.07) is 19.6. The molecule has 3 aromatic rings. The number of carbonyl (C=O) groups excluding carboxylic acids is 3. The number of rotatable bonds is 15. The highest BCUT2D eigenvalue weighted by Gasteiger charge is 2.36. The number of phenols is 1. The second-order valence-electron chi connectivity index (χ2n) is 12.9. The van der Waals surface area contributed by atoms with E-state index in [0.29, 0.717) is 24.2 Å². The number of aryl methyl sites for hydroxylation is 2. The zero-order valence-electron chi connectivity index (χ0n) is 28.3. The van der Waals surface area contributed by atoms with Gasteiger partial charge in [0.2, 0.25) is 5.91 Å². The van der Waals surface area contributed by atoms with Crippen LogP contribution in [0.5, 0.6) is 5.75 Å². The maximum Gasteiger partial charge on any atom is 0.408 e. The molecule has 0 saturated carbocycles. The molecule has 46 heavy (non-hydrogen) atoms. The summed E-state index contributed by atoms with van der Waals surface area (Å²) in [6.07, 6.45) is 5.50. The van der Waals surface area contributed by atoms with Crippen LogP contribution in [0.1, 0.15) is 94.5 Å². The van der Waals surface area contributed by atoms with Gasteiger partial charge in [-0.05, 0) is 75.4 Å². The molecule has 8 nitrogen and oxygen atoms in total. The molecule has 3 aromatic carbocycles. The second kappa shape index (κ2) is 17.4. The second-order valence-corrected chi connectivity index (χ2v) is 12.9. The molecular weight excluding hydrogens is 578 g/mol. The lowest BCUT2D eigenvalue weighted by Crippen LogP contribution is -2.53. The van der Waals surface area contributed by atoms with Crippen molar-refractivity contribution in [2.45, 2.75) is 104 Å². The molecule has 0 aliphatic carbocycles. The van der Waals surface area contributed by atoms with Gasteiger partial charge in [-0.15, -0.1) is 0 Å². The summed E-state index contributed by atoms with van der Waals surface area (Å²) in [5, 5.41) is 16.0. The number of aromatic hydroxyl groups is 1. The molecule has 3 rings (SSSR count). The number of para-hydroxylation sites is 1. The van der Waals surface area contributed by atoms with E-state index in [4.69, 9.17) is 4.74 Å². The topological polar surface area (TPSA) is 108 Å². The van der Waals surface area contributed by atoms with E-state index in [-0.39, 0.29) is 18.1 Å². The summed E-state index contributed by atoms with van der Waals surface area (Å²) >= 11 is 0. The van der Waals surface area contributed by atoms with Crippen LogP contribution in [-0.2, 0) is 20.7 Å². The van der Waals surface area contributed by atoms with Gasteiger partial charge in [-0.3, -0.25) is 9.59 Å². The highest BCUT2D eigenvalue weighted by molar-refractivity contribution is 6.00. The van der Waals surface area contributed by atoms with Crippen LogP contribution in [-0.4, -0.2) is 46.1 Å². The Labute approximate surface area is 274 Å². The third-order valence-electron chi connectivity index (χ3n) is 7.81. The van der Waals surface area contributed by atoms with Crippen LogP contribution in [0, 0.1) is 13.8 Å². The predicted molar refractivity (Wildman–Crippen MR) is 184 cm³/mol. The van der Waals surface area contributed by atoms with Gasteiger partial charge < -0.3 is 25.4 Å². The number of unbranched alkanes of at least 4 members (excludes halogenated alkanes) is 5. The van der Waals surface area contributed by atoms with E-state index in [1.807, 2.05) is 62.4 Å². The minimum atomic E-state index is -1.03. The lowest BCUT2D eigenvalue weighted by molar-refractivity contribution is -0.140. The Morgan fingerprint density at radius 1 is 0.826 bits per heavy atom. The fourth-order valence-corrected chi connectivity index (χ4v) is 5.46. The quantitative estimate of drug-likeness (QED) is 0.148. The largest absolute Gasteiger partial charge is 0.508 e. The van der Waals surface area contributed by atoms with Crippen LogP contribution in [0.15, 0.2) is 72.8 Å². The molecule has 2 atom stereocenters. The number of hydrogen-bond acceptors (Lipinski definition) is 5. The molecule has 2 unspecified atom stereocenters. The van der Waals surface area contributed by atoms with Crippen LogP contribution in [0.3, 0.4) is 0 Å². The molecule has 0 saturated heterocycles. The highest BCUT2D eigenvalue weighted by Crippen LogP contribution is 2.29. The van der Waals surface area contributed by atoms with Crippen molar-refractivity contribution < 1.29 is 24.2 Å². The molecule has 8 heteroatoms. The van der Waals surface area contributed by atoms with Crippen LogP contribution >= 0.6 is 0 Å². The van der Waals surface area contributed by atoms with Crippen molar-refractivity contribution in [1.82, 2.24) is 10.2 Å². The lowest BCUT2D eigenvalue weighted by Gasteiger charge is -2.35. The Bertz CT molecular complexity index is 1400. The van der Waals surface area contributed by atoms with E-state index in [9.17, 15) is 19.5 Å². The summed E-state index contributed by atoms with van der Waals surface area (Å²) in [5.41, 5.74) is 3.15. The number of benzene rings is 3. The molecule has 248 valence electrons. The average Bonchev–Trinajstić information content (AvgIpc) is 3.00. The van der Waals surface area contributed by atoms with Crippen molar-refractivity contribution in [3.63, 3.8) is 0 Å². The number of alkyl carbamates (subject to hydrolysis) is 1. The van der Waals surface area contributed by atoms with Gasteiger partial charge in [0.25, 0.3) is 5.91 Å². The van der Waals surface area contributed by atoms with Crippen molar-refractivity contribution in [3.8, 4) is 5.75 Å². The SMILES string of the molecule is CCCCCCCCN(C(=O)C(Cc1ccccc1)NC(=O)OC(C)(C)C)C(C(=O)Nc1c(C)cccc1C)c1ccc(O)cc1. The first-order valence-corrected chi connectivity index (χ1v) is 16.4. The lowest BCUT2D eigenvalue weighted by atomic mass is 9.99. The Kier molecular flexibility index (Phi) is 13.7. The van der Waals surface area contributed by atoms with Crippen LogP contribution in [0.25, 0.3) is 0 Å². The fraction of sp³-hybridized carbons (Fsp3) is 0.447. The number of ether oxygens (including phenoxy) is 1. The first kappa shape index (κ1) is 36.1. The molecule has 0 spiro atoms. The number of nitrogens with one attached hydrogen (secondary N) is 2. The standard InChI is InChI=1S/C38H51N3O5/c1-7-8-9-10-11-15-25-41(36(44)32(26-29-19-13-12-14-20-29)39-37(45)46-38(4,5)6)34(30-21-23-31(42)24-22-30)35(43)40-33-27(2)17-16-18-28(33)3/h12-14,16-24,32,34,42H,7-11,15,25-26H2,1-6H3,(H,39,45)(H,40,43). The van der Waals surface area contributed by atoms with E-state index in [2.05, 4.69) is 17.6 Å². The van der Waals surface area contributed by atoms with Crippen LogP contribution in [0.4, 0.5) is 10.5 Å². The van der Waals surface area contributed by atoms with Gasteiger partial charge in [-0.2, -0.15) is 0 Å². The first-order chi connectivity index (χ1) is 21.9. The predicted octanol–water partition coefficient (Wildman–Crippen LogP) is 8.01. The summed E-state index contributed by atoms with van der Waals surface area (Å²) < 4.78 is 5.56. The first-order valence-electron chi connectivity index (χ1n) is 16.4. The number of amides is 3. The molecule has 0 aliphatic rings. The Hall–Kier alpha value is -4.33.